The second-order valence-electron chi connectivity index (χ2n) is 3.24. The van der Waals surface area contributed by atoms with Crippen LogP contribution in [-0.2, 0) is 4.74 Å². The Labute approximate surface area is 104 Å². The number of anilines is 1. The summed E-state index contributed by atoms with van der Waals surface area (Å²) < 4.78 is 4.47. The van der Waals surface area contributed by atoms with E-state index in [1.165, 1.54) is 12.4 Å². The van der Waals surface area contributed by atoms with Crippen LogP contribution in [-0.4, -0.2) is 41.7 Å². The Bertz CT molecular complexity index is 424. The van der Waals surface area contributed by atoms with Crippen molar-refractivity contribution in [1.82, 2.24) is 15.3 Å². The molecule has 0 radical (unpaired) electrons. The minimum atomic E-state index is -0.877. The fraction of sp³-hybridized carbons (Fsp3) is 0.400. The van der Waals surface area contributed by atoms with Crippen molar-refractivity contribution in [2.45, 2.75) is 6.92 Å². The number of hydrogen-bond acceptors (Lipinski definition) is 6. The predicted octanol–water partition coefficient (Wildman–Crippen LogP) is -0.266. The fourth-order valence-electron chi connectivity index (χ4n) is 1.15. The molecule has 0 aliphatic carbocycles. The SMILES string of the molecule is CCNc1cncc(C(=O)NCCOC(N)=O)n1. The van der Waals surface area contributed by atoms with Gasteiger partial charge in [0, 0.05) is 6.54 Å². The van der Waals surface area contributed by atoms with Gasteiger partial charge in [-0.1, -0.05) is 0 Å². The summed E-state index contributed by atoms with van der Waals surface area (Å²) in [4.78, 5) is 29.9. The molecule has 8 nitrogen and oxygen atoms in total. The monoisotopic (exact) mass is 253 g/mol. The molecule has 18 heavy (non-hydrogen) atoms. The van der Waals surface area contributed by atoms with Crippen molar-refractivity contribution in [3.8, 4) is 0 Å². The molecule has 0 atom stereocenters. The molecule has 0 spiro atoms. The summed E-state index contributed by atoms with van der Waals surface area (Å²) in [6.45, 7) is 2.78. The molecule has 0 aliphatic heterocycles. The number of nitrogens with zero attached hydrogens (tertiary/aromatic N) is 2. The summed E-state index contributed by atoms with van der Waals surface area (Å²) in [7, 11) is 0. The summed E-state index contributed by atoms with van der Waals surface area (Å²) in [6.07, 6.45) is 2.00. The second-order valence-corrected chi connectivity index (χ2v) is 3.24. The van der Waals surface area contributed by atoms with Crippen LogP contribution in [0.3, 0.4) is 0 Å². The van der Waals surface area contributed by atoms with Crippen molar-refractivity contribution in [2.75, 3.05) is 25.0 Å². The van der Waals surface area contributed by atoms with Gasteiger partial charge in [-0.3, -0.25) is 9.78 Å². The van der Waals surface area contributed by atoms with Gasteiger partial charge >= 0.3 is 6.09 Å². The largest absolute Gasteiger partial charge is 0.448 e. The van der Waals surface area contributed by atoms with Crippen LogP contribution < -0.4 is 16.4 Å². The molecule has 0 bridgehead atoms. The Morgan fingerprint density at radius 2 is 2.22 bits per heavy atom. The zero-order valence-electron chi connectivity index (χ0n) is 9.97. The highest BCUT2D eigenvalue weighted by molar-refractivity contribution is 5.92. The molecular formula is C10H15N5O3. The maximum absolute atomic E-state index is 11.6. The molecule has 98 valence electrons. The first-order valence-electron chi connectivity index (χ1n) is 5.39. The maximum atomic E-state index is 11.6. The molecule has 0 saturated heterocycles. The molecule has 0 fully saturated rings. The van der Waals surface area contributed by atoms with Gasteiger partial charge in [-0.25, -0.2) is 9.78 Å². The number of carbonyl (C=O) groups excluding carboxylic acids is 2. The lowest BCUT2D eigenvalue weighted by molar-refractivity contribution is 0.0931. The number of carbonyl (C=O) groups is 2. The molecule has 1 aromatic heterocycles. The Morgan fingerprint density at radius 3 is 2.89 bits per heavy atom. The average Bonchev–Trinajstić information content (AvgIpc) is 2.35. The van der Waals surface area contributed by atoms with E-state index in [1.54, 1.807) is 0 Å². The Kier molecular flexibility index (Phi) is 5.36. The quantitative estimate of drug-likeness (QED) is 0.600. The summed E-state index contributed by atoms with van der Waals surface area (Å²) in [5, 5.41) is 5.47. The van der Waals surface area contributed by atoms with Gasteiger partial charge in [0.25, 0.3) is 5.91 Å². The zero-order chi connectivity index (χ0) is 13.4. The normalized spacial score (nSPS) is 9.61. The Morgan fingerprint density at radius 1 is 1.44 bits per heavy atom. The van der Waals surface area contributed by atoms with Crippen molar-refractivity contribution in [3.05, 3.63) is 18.1 Å². The van der Waals surface area contributed by atoms with Gasteiger partial charge in [-0.2, -0.15) is 0 Å². The highest BCUT2D eigenvalue weighted by atomic mass is 16.5. The minimum Gasteiger partial charge on any atom is -0.448 e. The topological polar surface area (TPSA) is 119 Å². The van der Waals surface area contributed by atoms with E-state index in [0.29, 0.717) is 12.4 Å². The molecule has 1 aromatic rings. The average molecular weight is 253 g/mol. The third-order valence-corrected chi connectivity index (χ3v) is 1.86. The third kappa shape index (κ3) is 4.64. The van der Waals surface area contributed by atoms with Crippen molar-refractivity contribution < 1.29 is 14.3 Å². The third-order valence-electron chi connectivity index (χ3n) is 1.86. The molecule has 0 unspecified atom stereocenters. The molecule has 8 heteroatoms. The van der Waals surface area contributed by atoms with E-state index in [2.05, 4.69) is 25.3 Å². The van der Waals surface area contributed by atoms with Crippen LogP contribution in [0.25, 0.3) is 0 Å². The lowest BCUT2D eigenvalue weighted by Gasteiger charge is -2.06. The number of aromatic nitrogens is 2. The van der Waals surface area contributed by atoms with Gasteiger partial charge in [0.1, 0.15) is 18.1 Å². The van der Waals surface area contributed by atoms with E-state index in [1.807, 2.05) is 6.92 Å². The first kappa shape index (κ1) is 13.7. The first-order valence-corrected chi connectivity index (χ1v) is 5.39. The number of primary amides is 1. The molecule has 2 amide bonds. The molecule has 0 aromatic carbocycles. The predicted molar refractivity (Wildman–Crippen MR) is 64.1 cm³/mol. The van der Waals surface area contributed by atoms with Gasteiger partial charge in [0.05, 0.1) is 18.9 Å². The lowest BCUT2D eigenvalue weighted by atomic mass is 10.4. The van der Waals surface area contributed by atoms with E-state index in [0.717, 1.165) is 0 Å². The fourth-order valence-corrected chi connectivity index (χ4v) is 1.15. The van der Waals surface area contributed by atoms with E-state index in [-0.39, 0.29) is 18.8 Å². The van der Waals surface area contributed by atoms with E-state index < -0.39 is 12.0 Å². The molecule has 0 aliphatic rings. The van der Waals surface area contributed by atoms with Crippen LogP contribution in [0.2, 0.25) is 0 Å². The van der Waals surface area contributed by atoms with Crippen LogP contribution in [0.1, 0.15) is 17.4 Å². The molecule has 0 saturated carbocycles. The minimum absolute atomic E-state index is 0.0153. The highest BCUT2D eigenvalue weighted by Gasteiger charge is 2.08. The standard InChI is InChI=1S/C10H15N5O3/c1-2-13-8-6-12-5-7(15-8)9(16)14-3-4-18-10(11)17/h5-6H,2-4H2,1H3,(H2,11,17)(H,13,15)(H,14,16). The Balaban J connectivity index is 2.45. The number of ether oxygens (including phenoxy) is 1. The van der Waals surface area contributed by atoms with E-state index in [9.17, 15) is 9.59 Å². The van der Waals surface area contributed by atoms with Crippen LogP contribution in [0, 0.1) is 0 Å². The summed E-state index contributed by atoms with van der Waals surface area (Å²) in [5.74, 6) is 0.133. The van der Waals surface area contributed by atoms with Crippen molar-refractivity contribution in [3.63, 3.8) is 0 Å². The van der Waals surface area contributed by atoms with Gasteiger partial charge in [-0.15, -0.1) is 0 Å². The van der Waals surface area contributed by atoms with Gasteiger partial charge in [-0.05, 0) is 6.92 Å². The van der Waals surface area contributed by atoms with Crippen molar-refractivity contribution in [1.29, 1.82) is 0 Å². The lowest BCUT2D eigenvalue weighted by Crippen LogP contribution is -2.29. The molecule has 1 heterocycles. The van der Waals surface area contributed by atoms with Crippen LogP contribution in [0.15, 0.2) is 12.4 Å². The zero-order valence-corrected chi connectivity index (χ0v) is 9.97. The van der Waals surface area contributed by atoms with Crippen LogP contribution in [0.4, 0.5) is 10.6 Å². The Hall–Kier alpha value is -2.38. The van der Waals surface area contributed by atoms with Gasteiger partial charge in [0.15, 0.2) is 0 Å². The molecule has 1 rings (SSSR count). The van der Waals surface area contributed by atoms with Gasteiger partial charge < -0.3 is 21.1 Å². The maximum Gasteiger partial charge on any atom is 0.404 e. The number of nitrogens with one attached hydrogen (secondary N) is 2. The second kappa shape index (κ2) is 7.05. The van der Waals surface area contributed by atoms with E-state index in [4.69, 9.17) is 5.73 Å². The number of hydrogen-bond donors (Lipinski definition) is 3. The van der Waals surface area contributed by atoms with Crippen molar-refractivity contribution in [2.24, 2.45) is 5.73 Å². The summed E-state index contributed by atoms with van der Waals surface area (Å²) >= 11 is 0. The molecule has 4 N–H and O–H groups in total. The number of rotatable bonds is 6. The smallest absolute Gasteiger partial charge is 0.404 e. The van der Waals surface area contributed by atoms with E-state index >= 15 is 0 Å². The van der Waals surface area contributed by atoms with Crippen LogP contribution in [0.5, 0.6) is 0 Å². The first-order chi connectivity index (χ1) is 8.63. The van der Waals surface area contributed by atoms with Crippen molar-refractivity contribution >= 4 is 17.8 Å². The number of nitrogens with two attached hydrogens (primary N) is 1. The molecular weight excluding hydrogens is 238 g/mol. The summed E-state index contributed by atoms with van der Waals surface area (Å²) in [6, 6.07) is 0. The van der Waals surface area contributed by atoms with Crippen LogP contribution >= 0.6 is 0 Å². The summed E-state index contributed by atoms with van der Waals surface area (Å²) in [5.41, 5.74) is 4.96. The van der Waals surface area contributed by atoms with Gasteiger partial charge in [0.2, 0.25) is 0 Å². The highest BCUT2D eigenvalue weighted by Crippen LogP contribution is 2.01. The number of amides is 2.